The fourth-order valence-electron chi connectivity index (χ4n) is 0.506. The molecule has 0 aromatic heterocycles. The number of aliphatic imine (C=N–C) groups is 1. The largest absolute Gasteiger partial charge is 0.335 e. The van der Waals surface area contributed by atoms with Crippen molar-refractivity contribution < 1.29 is 0 Å². The van der Waals surface area contributed by atoms with Crippen molar-refractivity contribution in [2.24, 2.45) is 10.9 Å². The summed E-state index contributed by atoms with van der Waals surface area (Å²) in [4.78, 5) is 3.72. The van der Waals surface area contributed by atoms with Gasteiger partial charge in [0.1, 0.15) is 5.84 Å². The smallest absolute Gasteiger partial charge is 0.101 e. The zero-order chi connectivity index (χ0) is 8.69. The molecule has 0 aliphatic carbocycles. The van der Waals surface area contributed by atoms with Crippen LogP contribution in [0.15, 0.2) is 17.8 Å². The van der Waals surface area contributed by atoms with Crippen LogP contribution in [0.1, 0.15) is 20.3 Å². The van der Waals surface area contributed by atoms with Crippen LogP contribution in [0.25, 0.3) is 0 Å². The van der Waals surface area contributed by atoms with Crippen LogP contribution in [0.2, 0.25) is 0 Å². The van der Waals surface area contributed by atoms with Gasteiger partial charge in [-0.1, -0.05) is 20.4 Å². The molecule has 0 amide bonds. The van der Waals surface area contributed by atoms with E-state index in [1.54, 1.807) is 0 Å². The molecule has 0 heterocycles. The first-order valence-corrected chi connectivity index (χ1v) is 3.69. The van der Waals surface area contributed by atoms with Gasteiger partial charge in [-0.3, -0.25) is 5.41 Å². The number of nitrogens with zero attached hydrogens (tertiary/aromatic N) is 1. The zero-order valence-electron chi connectivity index (χ0n) is 7.09. The minimum Gasteiger partial charge on any atom is -0.335 e. The van der Waals surface area contributed by atoms with Crippen LogP contribution in [0.5, 0.6) is 0 Å². The summed E-state index contributed by atoms with van der Waals surface area (Å²) in [6.07, 6.45) is 3.87. The Morgan fingerprint density at radius 3 is 2.91 bits per heavy atom. The Balaban J connectivity index is 3.68. The minimum absolute atomic E-state index is 0.270. The third kappa shape index (κ3) is 4.31. The molecule has 1 unspecified atom stereocenters. The van der Waals surface area contributed by atoms with E-state index in [1.807, 2.05) is 13.8 Å². The molecule has 0 fully saturated rings. The van der Waals surface area contributed by atoms with Crippen LogP contribution in [0, 0.1) is 11.3 Å². The van der Waals surface area contributed by atoms with Gasteiger partial charge in [0, 0.05) is 12.1 Å². The highest BCUT2D eigenvalue weighted by atomic mass is 15.0. The van der Waals surface area contributed by atoms with Gasteiger partial charge in [-0.25, -0.2) is 4.99 Å². The van der Waals surface area contributed by atoms with Crippen molar-refractivity contribution in [1.29, 1.82) is 5.41 Å². The summed E-state index contributed by atoms with van der Waals surface area (Å²) in [5.74, 6) is 0.768. The van der Waals surface area contributed by atoms with Crippen LogP contribution >= 0.6 is 0 Å². The van der Waals surface area contributed by atoms with E-state index in [2.05, 4.69) is 16.9 Å². The van der Waals surface area contributed by atoms with Gasteiger partial charge in [-0.15, -0.1) is 0 Å². The molecule has 3 nitrogen and oxygen atoms in total. The summed E-state index contributed by atoms with van der Waals surface area (Å²) in [5.41, 5.74) is 0. The third-order valence-corrected chi connectivity index (χ3v) is 1.51. The molecule has 0 bridgehead atoms. The lowest BCUT2D eigenvalue weighted by molar-refractivity contribution is 0.720. The van der Waals surface area contributed by atoms with Gasteiger partial charge in [0.15, 0.2) is 0 Å². The van der Waals surface area contributed by atoms with Crippen molar-refractivity contribution in [1.82, 2.24) is 5.32 Å². The van der Waals surface area contributed by atoms with Crippen molar-refractivity contribution in [2.45, 2.75) is 20.3 Å². The molecule has 0 spiro atoms. The van der Waals surface area contributed by atoms with Crippen molar-refractivity contribution in [3.63, 3.8) is 0 Å². The average molecular weight is 153 g/mol. The lowest BCUT2D eigenvalue weighted by Gasteiger charge is -2.08. The first-order chi connectivity index (χ1) is 5.22. The van der Waals surface area contributed by atoms with E-state index in [-0.39, 0.29) is 5.92 Å². The molecule has 0 aliphatic rings. The molecule has 1 atom stereocenters. The first-order valence-electron chi connectivity index (χ1n) is 3.69. The number of hydrogen-bond donors (Lipinski definition) is 2. The molecule has 0 saturated heterocycles. The zero-order valence-corrected chi connectivity index (χ0v) is 7.09. The minimum atomic E-state index is 0.270. The molecule has 0 aliphatic heterocycles. The third-order valence-electron chi connectivity index (χ3n) is 1.51. The maximum atomic E-state index is 7.44. The topological polar surface area (TPSA) is 48.2 Å². The molecule has 2 N–H and O–H groups in total. The molecule has 3 heteroatoms. The lowest BCUT2D eigenvalue weighted by Crippen LogP contribution is -2.26. The van der Waals surface area contributed by atoms with Crippen LogP contribution < -0.4 is 5.32 Å². The second-order valence-corrected chi connectivity index (χ2v) is 2.33. The number of rotatable bonds is 4. The highest BCUT2D eigenvalue weighted by Gasteiger charge is 2.02. The van der Waals surface area contributed by atoms with Crippen LogP contribution in [-0.4, -0.2) is 12.2 Å². The van der Waals surface area contributed by atoms with Crippen molar-refractivity contribution >= 4 is 12.2 Å². The van der Waals surface area contributed by atoms with Gasteiger partial charge >= 0.3 is 0 Å². The molecular weight excluding hydrogens is 138 g/mol. The van der Waals surface area contributed by atoms with E-state index in [1.165, 1.54) is 12.5 Å². The molecule has 0 saturated carbocycles. The number of nitrogens with one attached hydrogen (secondary N) is 2. The molecular formula is C8H15N3. The predicted octanol–water partition coefficient (Wildman–Crippen LogP) is 1.77. The summed E-state index contributed by atoms with van der Waals surface area (Å²) in [5, 5.41) is 10.2. The normalized spacial score (nSPS) is 12.9. The SMILES string of the molecule is C=CN=CNC(=N)C(C)CC. The summed E-state index contributed by atoms with van der Waals surface area (Å²) in [6, 6.07) is 0. The summed E-state index contributed by atoms with van der Waals surface area (Å²) >= 11 is 0. The summed E-state index contributed by atoms with van der Waals surface area (Å²) < 4.78 is 0. The Bertz CT molecular complexity index is 161. The van der Waals surface area contributed by atoms with E-state index < -0.39 is 0 Å². The van der Waals surface area contributed by atoms with Crippen LogP contribution in [0.3, 0.4) is 0 Å². The van der Waals surface area contributed by atoms with Crippen molar-refractivity contribution in [3.05, 3.63) is 12.8 Å². The monoisotopic (exact) mass is 153 g/mol. The van der Waals surface area contributed by atoms with Crippen molar-refractivity contribution in [2.75, 3.05) is 0 Å². The Morgan fingerprint density at radius 2 is 2.45 bits per heavy atom. The van der Waals surface area contributed by atoms with Gasteiger partial charge < -0.3 is 5.32 Å². The summed E-state index contributed by atoms with van der Waals surface area (Å²) in [7, 11) is 0. The fourth-order valence-corrected chi connectivity index (χ4v) is 0.506. The maximum absolute atomic E-state index is 7.44. The second-order valence-electron chi connectivity index (χ2n) is 2.33. The van der Waals surface area contributed by atoms with Gasteiger partial charge in [0.05, 0.1) is 6.34 Å². The van der Waals surface area contributed by atoms with E-state index in [0.717, 1.165) is 6.42 Å². The molecule has 0 rings (SSSR count). The summed E-state index contributed by atoms with van der Waals surface area (Å²) in [6.45, 7) is 7.46. The fraction of sp³-hybridized carbons (Fsp3) is 0.500. The van der Waals surface area contributed by atoms with E-state index >= 15 is 0 Å². The molecule has 0 aromatic carbocycles. The highest BCUT2D eigenvalue weighted by molar-refractivity contribution is 5.90. The van der Waals surface area contributed by atoms with E-state index in [9.17, 15) is 0 Å². The Hall–Kier alpha value is -1.12. The van der Waals surface area contributed by atoms with Gasteiger partial charge in [-0.05, 0) is 6.42 Å². The van der Waals surface area contributed by atoms with Gasteiger partial charge in [0.25, 0.3) is 0 Å². The molecule has 62 valence electrons. The second kappa shape index (κ2) is 5.65. The molecule has 11 heavy (non-hydrogen) atoms. The lowest BCUT2D eigenvalue weighted by atomic mass is 10.1. The maximum Gasteiger partial charge on any atom is 0.101 e. The Kier molecular flexibility index (Phi) is 5.07. The Labute approximate surface area is 67.7 Å². The Morgan fingerprint density at radius 1 is 1.82 bits per heavy atom. The molecule has 0 radical (unpaired) electrons. The number of hydrogen-bond acceptors (Lipinski definition) is 2. The predicted molar refractivity (Wildman–Crippen MR) is 49.0 cm³/mol. The van der Waals surface area contributed by atoms with Gasteiger partial charge in [0.2, 0.25) is 0 Å². The van der Waals surface area contributed by atoms with E-state index in [0.29, 0.717) is 5.84 Å². The quantitative estimate of drug-likeness (QED) is 0.469. The van der Waals surface area contributed by atoms with E-state index in [4.69, 9.17) is 5.41 Å². The van der Waals surface area contributed by atoms with Crippen LogP contribution in [0.4, 0.5) is 0 Å². The van der Waals surface area contributed by atoms with Gasteiger partial charge in [-0.2, -0.15) is 0 Å². The van der Waals surface area contributed by atoms with Crippen molar-refractivity contribution in [3.8, 4) is 0 Å². The standard InChI is InChI=1S/C8H15N3/c1-4-7(3)8(9)11-6-10-5-2/h5-7H,2,4H2,1,3H3,(H2,9,10,11). The molecule has 0 aromatic rings. The average Bonchev–Trinajstić information content (AvgIpc) is 2.03. The first kappa shape index (κ1) is 9.88. The van der Waals surface area contributed by atoms with Crippen LogP contribution in [-0.2, 0) is 0 Å². The highest BCUT2D eigenvalue weighted by Crippen LogP contribution is 1.98. The number of amidine groups is 1.